The fourth-order valence-electron chi connectivity index (χ4n) is 2.70. The maximum Gasteiger partial charge on any atom is 0.311 e. The minimum absolute atomic E-state index is 0.195. The van der Waals surface area contributed by atoms with E-state index in [2.05, 4.69) is 23.7 Å². The molecule has 19 heavy (non-hydrogen) atoms. The maximum absolute atomic E-state index is 11.4. The van der Waals surface area contributed by atoms with Crippen molar-refractivity contribution in [3.05, 3.63) is 11.1 Å². The van der Waals surface area contributed by atoms with Crippen LogP contribution in [0, 0.1) is 11.8 Å². The summed E-state index contributed by atoms with van der Waals surface area (Å²) in [6.45, 7) is 8.96. The lowest BCUT2D eigenvalue weighted by Gasteiger charge is -2.34. The molecule has 1 aliphatic rings. The van der Waals surface area contributed by atoms with Crippen molar-refractivity contribution in [3.8, 4) is 0 Å². The monoisotopic (exact) mass is 282 g/mol. The van der Waals surface area contributed by atoms with Crippen LogP contribution in [0.25, 0.3) is 0 Å². The van der Waals surface area contributed by atoms with Crippen molar-refractivity contribution in [1.82, 2.24) is 4.98 Å². The molecule has 0 N–H and O–H groups in total. The molecule has 0 aliphatic carbocycles. The first-order chi connectivity index (χ1) is 9.08. The number of ether oxygens (including phenoxy) is 1. The number of hydrogen-bond acceptors (Lipinski definition) is 5. The van der Waals surface area contributed by atoms with Crippen molar-refractivity contribution in [3.63, 3.8) is 0 Å². The summed E-state index contributed by atoms with van der Waals surface area (Å²) in [7, 11) is 0. The highest BCUT2D eigenvalue weighted by Crippen LogP contribution is 2.28. The highest BCUT2D eigenvalue weighted by atomic mass is 32.1. The average molecular weight is 282 g/mol. The molecular weight excluding hydrogens is 260 g/mol. The normalized spacial score (nSPS) is 23.4. The Balaban J connectivity index is 1.98. The minimum Gasteiger partial charge on any atom is -0.466 e. The molecule has 0 spiro atoms. The van der Waals surface area contributed by atoms with Crippen LogP contribution in [0.15, 0.2) is 5.38 Å². The molecule has 2 rings (SSSR count). The van der Waals surface area contributed by atoms with Gasteiger partial charge in [-0.25, -0.2) is 4.98 Å². The third-order valence-electron chi connectivity index (χ3n) is 3.31. The van der Waals surface area contributed by atoms with Crippen molar-refractivity contribution in [2.75, 3.05) is 24.6 Å². The summed E-state index contributed by atoms with van der Waals surface area (Å²) in [6, 6.07) is 0. The van der Waals surface area contributed by atoms with Gasteiger partial charge in [0.1, 0.15) is 0 Å². The van der Waals surface area contributed by atoms with E-state index in [1.807, 2.05) is 12.3 Å². The van der Waals surface area contributed by atoms with Crippen LogP contribution >= 0.6 is 11.3 Å². The van der Waals surface area contributed by atoms with Crippen molar-refractivity contribution >= 4 is 22.4 Å². The molecule has 1 saturated heterocycles. The number of carbonyl (C=O) groups is 1. The predicted octanol–water partition coefficient (Wildman–Crippen LogP) is 2.73. The largest absolute Gasteiger partial charge is 0.466 e. The second-order valence-corrected chi connectivity index (χ2v) is 6.29. The van der Waals surface area contributed by atoms with Gasteiger partial charge in [-0.15, -0.1) is 11.3 Å². The SMILES string of the molecule is CCOC(=O)Cc1csc(N2CC(C)CC(C)C2)n1. The summed E-state index contributed by atoms with van der Waals surface area (Å²) in [6.07, 6.45) is 1.57. The second kappa shape index (κ2) is 6.37. The van der Waals surface area contributed by atoms with Gasteiger partial charge in [-0.3, -0.25) is 4.79 Å². The lowest BCUT2D eigenvalue weighted by molar-refractivity contribution is -0.142. The molecule has 0 bridgehead atoms. The van der Waals surface area contributed by atoms with E-state index in [0.29, 0.717) is 18.4 Å². The fourth-order valence-corrected chi connectivity index (χ4v) is 3.55. The summed E-state index contributed by atoms with van der Waals surface area (Å²) in [5.74, 6) is 1.22. The van der Waals surface area contributed by atoms with Crippen molar-refractivity contribution in [1.29, 1.82) is 0 Å². The highest BCUT2D eigenvalue weighted by Gasteiger charge is 2.24. The van der Waals surface area contributed by atoms with Crippen molar-refractivity contribution in [2.24, 2.45) is 11.8 Å². The van der Waals surface area contributed by atoms with E-state index >= 15 is 0 Å². The predicted molar refractivity (Wildman–Crippen MR) is 77.6 cm³/mol. The second-order valence-electron chi connectivity index (χ2n) is 5.45. The fraction of sp³-hybridized carbons (Fsp3) is 0.714. The van der Waals surface area contributed by atoms with E-state index in [1.165, 1.54) is 6.42 Å². The zero-order valence-corrected chi connectivity index (χ0v) is 12.7. The molecule has 0 saturated carbocycles. The van der Waals surface area contributed by atoms with E-state index in [4.69, 9.17) is 4.74 Å². The summed E-state index contributed by atoms with van der Waals surface area (Å²) in [4.78, 5) is 18.3. The molecule has 1 aliphatic heterocycles. The molecule has 2 atom stereocenters. The molecular formula is C14H22N2O2S. The number of nitrogens with zero attached hydrogens (tertiary/aromatic N) is 2. The van der Waals surface area contributed by atoms with Gasteiger partial charge in [-0.05, 0) is 25.2 Å². The molecule has 0 radical (unpaired) electrons. The van der Waals surface area contributed by atoms with E-state index in [9.17, 15) is 4.79 Å². The molecule has 4 nitrogen and oxygen atoms in total. The Morgan fingerprint density at radius 2 is 2.16 bits per heavy atom. The van der Waals surface area contributed by atoms with Gasteiger partial charge < -0.3 is 9.64 Å². The number of esters is 1. The Bertz CT molecular complexity index is 423. The Morgan fingerprint density at radius 1 is 1.47 bits per heavy atom. The summed E-state index contributed by atoms with van der Waals surface area (Å²) in [5, 5.41) is 3.01. The Kier molecular flexibility index (Phi) is 4.80. The zero-order valence-electron chi connectivity index (χ0n) is 11.9. The molecule has 2 heterocycles. The first kappa shape index (κ1) is 14.3. The van der Waals surface area contributed by atoms with Gasteiger partial charge in [-0.2, -0.15) is 0 Å². The Morgan fingerprint density at radius 3 is 2.79 bits per heavy atom. The van der Waals surface area contributed by atoms with E-state index < -0.39 is 0 Å². The number of rotatable bonds is 4. The van der Waals surface area contributed by atoms with E-state index in [0.717, 1.165) is 23.9 Å². The third kappa shape index (κ3) is 3.93. The van der Waals surface area contributed by atoms with E-state index in [1.54, 1.807) is 11.3 Å². The number of thiazole rings is 1. The quantitative estimate of drug-likeness (QED) is 0.796. The van der Waals surface area contributed by atoms with Gasteiger partial charge in [-0.1, -0.05) is 13.8 Å². The van der Waals surface area contributed by atoms with Crippen LogP contribution in [0.3, 0.4) is 0 Å². The first-order valence-corrected chi connectivity index (χ1v) is 7.81. The molecule has 2 unspecified atom stereocenters. The number of anilines is 1. The standard InChI is InChI=1S/C14H22N2O2S/c1-4-18-13(17)6-12-9-19-14(15-12)16-7-10(2)5-11(3)8-16/h9-11H,4-8H2,1-3H3. The lowest BCUT2D eigenvalue weighted by atomic mass is 9.92. The van der Waals surface area contributed by atoms with Crippen LogP contribution in [0.5, 0.6) is 0 Å². The lowest BCUT2D eigenvalue weighted by Crippen LogP contribution is -2.38. The van der Waals surface area contributed by atoms with Crippen LogP contribution < -0.4 is 4.90 Å². The highest BCUT2D eigenvalue weighted by molar-refractivity contribution is 7.13. The topological polar surface area (TPSA) is 42.4 Å². The van der Waals surface area contributed by atoms with Gasteiger partial charge >= 0.3 is 5.97 Å². The number of carbonyl (C=O) groups excluding carboxylic acids is 1. The summed E-state index contributed by atoms with van der Waals surface area (Å²) >= 11 is 1.63. The average Bonchev–Trinajstić information content (AvgIpc) is 2.76. The number of hydrogen-bond donors (Lipinski definition) is 0. The van der Waals surface area contributed by atoms with Crippen LogP contribution in [0.1, 0.15) is 32.9 Å². The van der Waals surface area contributed by atoms with Crippen molar-refractivity contribution < 1.29 is 9.53 Å². The van der Waals surface area contributed by atoms with Gasteiger partial charge in [0, 0.05) is 18.5 Å². The minimum atomic E-state index is -0.195. The molecule has 1 aromatic heterocycles. The maximum atomic E-state index is 11.4. The van der Waals surface area contributed by atoms with Gasteiger partial charge in [0.2, 0.25) is 0 Å². The third-order valence-corrected chi connectivity index (χ3v) is 4.26. The van der Waals surface area contributed by atoms with Crippen LogP contribution in [-0.4, -0.2) is 30.6 Å². The molecule has 106 valence electrons. The van der Waals surface area contributed by atoms with Gasteiger partial charge in [0.15, 0.2) is 5.13 Å². The summed E-state index contributed by atoms with van der Waals surface area (Å²) < 4.78 is 4.95. The number of aromatic nitrogens is 1. The Hall–Kier alpha value is -1.10. The first-order valence-electron chi connectivity index (χ1n) is 6.93. The van der Waals surface area contributed by atoms with Gasteiger partial charge in [0.25, 0.3) is 0 Å². The van der Waals surface area contributed by atoms with Crippen LogP contribution in [-0.2, 0) is 16.0 Å². The molecule has 5 heteroatoms. The summed E-state index contributed by atoms with van der Waals surface area (Å²) in [5.41, 5.74) is 0.823. The van der Waals surface area contributed by atoms with E-state index in [-0.39, 0.29) is 12.4 Å². The number of piperidine rings is 1. The molecule has 1 aromatic rings. The zero-order chi connectivity index (χ0) is 13.8. The smallest absolute Gasteiger partial charge is 0.311 e. The van der Waals surface area contributed by atoms with Gasteiger partial charge in [0.05, 0.1) is 18.7 Å². The van der Waals surface area contributed by atoms with Crippen molar-refractivity contribution in [2.45, 2.75) is 33.6 Å². The van der Waals surface area contributed by atoms with Crippen LogP contribution in [0.4, 0.5) is 5.13 Å². The van der Waals surface area contributed by atoms with Crippen LogP contribution in [0.2, 0.25) is 0 Å². The Labute approximate surface area is 118 Å². The molecule has 0 aromatic carbocycles. The molecule has 1 fully saturated rings. The molecule has 0 amide bonds.